The van der Waals surface area contributed by atoms with Gasteiger partial charge in [0, 0.05) is 24.2 Å². The second-order valence-corrected chi connectivity index (χ2v) is 6.49. The number of rotatable bonds is 4. The minimum Gasteiger partial charge on any atom is -0.367 e. The third-order valence-corrected chi connectivity index (χ3v) is 4.48. The van der Waals surface area contributed by atoms with E-state index in [4.69, 9.17) is 0 Å². The number of pyridine rings is 1. The van der Waals surface area contributed by atoms with E-state index < -0.39 is 0 Å². The van der Waals surface area contributed by atoms with Crippen molar-refractivity contribution in [2.24, 2.45) is 0 Å². The molecular formula is C15H19N5S. The van der Waals surface area contributed by atoms with Crippen molar-refractivity contribution in [1.29, 1.82) is 0 Å². The second kappa shape index (κ2) is 5.54. The van der Waals surface area contributed by atoms with Gasteiger partial charge in [-0.2, -0.15) is 0 Å². The van der Waals surface area contributed by atoms with E-state index in [1.807, 2.05) is 6.92 Å². The van der Waals surface area contributed by atoms with Crippen molar-refractivity contribution in [2.45, 2.75) is 13.8 Å². The summed E-state index contributed by atoms with van der Waals surface area (Å²) in [7, 11) is 4.12. The molecule has 21 heavy (non-hydrogen) atoms. The van der Waals surface area contributed by atoms with Gasteiger partial charge < -0.3 is 10.2 Å². The fourth-order valence-electron chi connectivity index (χ4n) is 2.43. The Morgan fingerprint density at radius 2 is 2.05 bits per heavy atom. The first kappa shape index (κ1) is 14.2. The van der Waals surface area contributed by atoms with Crippen LogP contribution in [0.5, 0.6) is 0 Å². The SMILES string of the molecule is Cc1cc(C)c2c(n1)sc1c(NCCN(C)C)ncnc12. The van der Waals surface area contributed by atoms with E-state index in [2.05, 4.69) is 52.3 Å². The lowest BCUT2D eigenvalue weighted by atomic mass is 10.1. The number of aryl methyl sites for hydroxylation is 2. The van der Waals surface area contributed by atoms with Crippen molar-refractivity contribution in [3.05, 3.63) is 23.7 Å². The highest BCUT2D eigenvalue weighted by molar-refractivity contribution is 7.26. The zero-order valence-electron chi connectivity index (χ0n) is 12.8. The van der Waals surface area contributed by atoms with E-state index in [0.29, 0.717) is 0 Å². The zero-order valence-corrected chi connectivity index (χ0v) is 13.6. The maximum Gasteiger partial charge on any atom is 0.147 e. The van der Waals surface area contributed by atoms with Gasteiger partial charge in [0.1, 0.15) is 17.0 Å². The van der Waals surface area contributed by atoms with Crippen LogP contribution in [0.3, 0.4) is 0 Å². The number of hydrogen-bond donors (Lipinski definition) is 1. The number of nitrogens with one attached hydrogen (secondary N) is 1. The topological polar surface area (TPSA) is 53.9 Å². The molecule has 0 radical (unpaired) electrons. The first-order valence-electron chi connectivity index (χ1n) is 6.96. The Hall–Kier alpha value is -1.79. The van der Waals surface area contributed by atoms with E-state index >= 15 is 0 Å². The third kappa shape index (κ3) is 2.69. The summed E-state index contributed by atoms with van der Waals surface area (Å²) in [5, 5.41) is 4.56. The lowest BCUT2D eigenvalue weighted by Gasteiger charge is -2.10. The normalized spacial score (nSPS) is 11.7. The van der Waals surface area contributed by atoms with Crippen LogP contribution in [0.1, 0.15) is 11.3 Å². The summed E-state index contributed by atoms with van der Waals surface area (Å²) in [6.07, 6.45) is 1.63. The van der Waals surface area contributed by atoms with Crippen LogP contribution in [0.15, 0.2) is 12.4 Å². The van der Waals surface area contributed by atoms with E-state index in [1.54, 1.807) is 17.7 Å². The van der Waals surface area contributed by atoms with Gasteiger partial charge in [0.15, 0.2) is 0 Å². The molecule has 0 saturated carbocycles. The molecular weight excluding hydrogens is 282 g/mol. The molecule has 3 heterocycles. The number of fused-ring (bicyclic) bond motifs is 3. The zero-order chi connectivity index (χ0) is 15.0. The molecule has 5 nitrogen and oxygen atoms in total. The van der Waals surface area contributed by atoms with Gasteiger partial charge in [-0.05, 0) is 39.6 Å². The monoisotopic (exact) mass is 301 g/mol. The Morgan fingerprint density at radius 1 is 1.24 bits per heavy atom. The molecule has 3 aromatic rings. The molecule has 0 aliphatic rings. The fraction of sp³-hybridized carbons (Fsp3) is 0.400. The van der Waals surface area contributed by atoms with E-state index in [-0.39, 0.29) is 0 Å². The van der Waals surface area contributed by atoms with Crippen molar-refractivity contribution in [1.82, 2.24) is 19.9 Å². The molecule has 0 spiro atoms. The molecule has 0 aromatic carbocycles. The predicted molar refractivity (Wildman–Crippen MR) is 89.2 cm³/mol. The van der Waals surface area contributed by atoms with Crippen molar-refractivity contribution < 1.29 is 0 Å². The molecule has 0 amide bonds. The molecule has 0 bridgehead atoms. The van der Waals surface area contributed by atoms with Crippen LogP contribution < -0.4 is 5.32 Å². The van der Waals surface area contributed by atoms with Crippen molar-refractivity contribution >= 4 is 37.6 Å². The summed E-state index contributed by atoms with van der Waals surface area (Å²) in [6, 6.07) is 2.11. The molecule has 0 atom stereocenters. The first-order chi connectivity index (χ1) is 10.1. The van der Waals surface area contributed by atoms with Gasteiger partial charge in [-0.1, -0.05) is 0 Å². The van der Waals surface area contributed by atoms with Gasteiger partial charge in [-0.15, -0.1) is 11.3 Å². The Kier molecular flexibility index (Phi) is 3.73. The Morgan fingerprint density at radius 3 is 2.81 bits per heavy atom. The predicted octanol–water partition coefficient (Wildman–Crippen LogP) is 2.83. The highest BCUT2D eigenvalue weighted by atomic mass is 32.1. The number of thiophene rings is 1. The van der Waals surface area contributed by atoms with Gasteiger partial charge in [0.2, 0.25) is 0 Å². The molecule has 0 fully saturated rings. The Labute approximate surface area is 128 Å². The summed E-state index contributed by atoms with van der Waals surface area (Å²) >= 11 is 1.66. The number of likely N-dealkylation sites (N-methyl/N-ethyl adjacent to an activating group) is 1. The maximum absolute atomic E-state index is 4.64. The van der Waals surface area contributed by atoms with E-state index in [0.717, 1.165) is 45.0 Å². The minimum absolute atomic E-state index is 0.860. The van der Waals surface area contributed by atoms with Crippen LogP contribution in [0, 0.1) is 13.8 Å². The van der Waals surface area contributed by atoms with Crippen LogP contribution in [0.4, 0.5) is 5.82 Å². The molecule has 3 rings (SSSR count). The van der Waals surface area contributed by atoms with Crippen molar-refractivity contribution in [3.8, 4) is 0 Å². The average Bonchev–Trinajstić information content (AvgIpc) is 2.77. The largest absolute Gasteiger partial charge is 0.367 e. The molecule has 3 aromatic heterocycles. The minimum atomic E-state index is 0.860. The van der Waals surface area contributed by atoms with Crippen LogP contribution >= 0.6 is 11.3 Å². The smallest absolute Gasteiger partial charge is 0.147 e. The standard InChI is InChI=1S/C15H19N5S/c1-9-7-10(2)19-15-11(9)12-13(21-15)14(18-8-17-12)16-5-6-20(3)4/h7-8H,5-6H2,1-4H3,(H,16,17,18). The number of anilines is 1. The van der Waals surface area contributed by atoms with Gasteiger partial charge in [0.25, 0.3) is 0 Å². The van der Waals surface area contributed by atoms with Gasteiger partial charge in [-0.25, -0.2) is 15.0 Å². The summed E-state index contributed by atoms with van der Waals surface area (Å²) in [5.74, 6) is 0.905. The summed E-state index contributed by atoms with van der Waals surface area (Å²) < 4.78 is 1.09. The van der Waals surface area contributed by atoms with Crippen molar-refractivity contribution in [2.75, 3.05) is 32.5 Å². The summed E-state index contributed by atoms with van der Waals surface area (Å²) in [5.41, 5.74) is 3.27. The molecule has 0 unspecified atom stereocenters. The summed E-state index contributed by atoms with van der Waals surface area (Å²) in [4.78, 5) is 16.7. The third-order valence-electron chi connectivity index (χ3n) is 3.40. The molecule has 0 aliphatic carbocycles. The van der Waals surface area contributed by atoms with E-state index in [1.165, 1.54) is 5.56 Å². The maximum atomic E-state index is 4.64. The average molecular weight is 301 g/mol. The molecule has 0 saturated heterocycles. The highest BCUT2D eigenvalue weighted by Gasteiger charge is 2.14. The second-order valence-electron chi connectivity index (χ2n) is 5.49. The van der Waals surface area contributed by atoms with Crippen LogP contribution in [0.25, 0.3) is 20.4 Å². The van der Waals surface area contributed by atoms with Gasteiger partial charge in [0.05, 0.1) is 10.2 Å². The lowest BCUT2D eigenvalue weighted by molar-refractivity contribution is 0.425. The molecule has 0 aliphatic heterocycles. The number of nitrogens with zero attached hydrogens (tertiary/aromatic N) is 4. The summed E-state index contributed by atoms with van der Waals surface area (Å²) in [6.45, 7) is 5.97. The van der Waals surface area contributed by atoms with Crippen LogP contribution in [0.2, 0.25) is 0 Å². The van der Waals surface area contributed by atoms with E-state index in [9.17, 15) is 0 Å². The van der Waals surface area contributed by atoms with Gasteiger partial charge >= 0.3 is 0 Å². The fourth-order valence-corrected chi connectivity index (χ4v) is 3.65. The Balaban J connectivity index is 2.09. The highest BCUT2D eigenvalue weighted by Crippen LogP contribution is 2.36. The first-order valence-corrected chi connectivity index (χ1v) is 7.78. The molecule has 1 N–H and O–H groups in total. The van der Waals surface area contributed by atoms with Crippen LogP contribution in [-0.2, 0) is 0 Å². The number of hydrogen-bond acceptors (Lipinski definition) is 6. The van der Waals surface area contributed by atoms with Gasteiger partial charge in [-0.3, -0.25) is 0 Å². The lowest BCUT2D eigenvalue weighted by Crippen LogP contribution is -2.21. The quantitative estimate of drug-likeness (QED) is 0.803. The molecule has 6 heteroatoms. The van der Waals surface area contributed by atoms with Crippen LogP contribution in [-0.4, -0.2) is 47.0 Å². The number of aromatic nitrogens is 3. The molecule has 110 valence electrons. The Bertz CT molecular complexity index is 793. The van der Waals surface area contributed by atoms with Crippen molar-refractivity contribution in [3.63, 3.8) is 0 Å².